The van der Waals surface area contributed by atoms with Crippen LogP contribution in [0, 0.1) is 0 Å². The first-order valence-electron chi connectivity index (χ1n) is 10.8. The number of rotatable bonds is 4. The Bertz CT molecular complexity index is 1390. The van der Waals surface area contributed by atoms with Gasteiger partial charge in [0.2, 0.25) is 18.4 Å². The molecule has 3 aromatic rings. The molecule has 0 aliphatic carbocycles. The van der Waals surface area contributed by atoms with Crippen LogP contribution in [-0.2, 0) is 13.5 Å². The van der Waals surface area contributed by atoms with Crippen LogP contribution in [0.5, 0.6) is 28.9 Å². The third-order valence-electron chi connectivity index (χ3n) is 6.47. The zero-order chi connectivity index (χ0) is 24.1. The molecule has 0 amide bonds. The second kappa shape index (κ2) is 8.14. The summed E-state index contributed by atoms with van der Waals surface area (Å²) in [5.41, 5.74) is 0.783. The fourth-order valence-corrected chi connectivity index (χ4v) is 4.72. The van der Waals surface area contributed by atoms with Crippen LogP contribution in [0.25, 0.3) is 5.69 Å². The highest BCUT2D eigenvalue weighted by molar-refractivity contribution is 5.63. The van der Waals surface area contributed by atoms with Crippen molar-refractivity contribution in [3.05, 3.63) is 67.9 Å². The van der Waals surface area contributed by atoms with Gasteiger partial charge in [-0.05, 0) is 49.4 Å². The Morgan fingerprint density at radius 3 is 2.44 bits per heavy atom. The van der Waals surface area contributed by atoms with Crippen LogP contribution in [0.1, 0.15) is 22.7 Å². The van der Waals surface area contributed by atoms with Gasteiger partial charge in [0.05, 0.1) is 31.5 Å². The van der Waals surface area contributed by atoms with Gasteiger partial charge in [0.1, 0.15) is 5.75 Å². The number of methoxy groups -OCH3 is 2. The first kappa shape index (κ1) is 21.9. The summed E-state index contributed by atoms with van der Waals surface area (Å²) in [6.07, 6.45) is 0.689. The Hall–Kier alpha value is -3.92. The fourth-order valence-electron chi connectivity index (χ4n) is 4.72. The van der Waals surface area contributed by atoms with E-state index in [1.165, 1.54) is 21.3 Å². The third kappa shape index (κ3) is 3.13. The van der Waals surface area contributed by atoms with Crippen molar-refractivity contribution < 1.29 is 24.1 Å². The van der Waals surface area contributed by atoms with Gasteiger partial charge < -0.3 is 24.1 Å². The van der Waals surface area contributed by atoms with E-state index >= 15 is 0 Å². The highest BCUT2D eigenvalue weighted by atomic mass is 16.7. The molecule has 2 aliphatic rings. The highest BCUT2D eigenvalue weighted by Gasteiger charge is 2.38. The van der Waals surface area contributed by atoms with E-state index in [0.717, 1.165) is 14.7 Å². The topological polar surface area (TPSA) is 104 Å². The summed E-state index contributed by atoms with van der Waals surface area (Å²) in [5, 5.41) is 11.1. The lowest BCUT2D eigenvalue weighted by molar-refractivity contribution is 0.170. The van der Waals surface area contributed by atoms with Crippen molar-refractivity contribution in [2.45, 2.75) is 12.5 Å². The molecule has 2 aliphatic heterocycles. The zero-order valence-electron chi connectivity index (χ0n) is 19.3. The lowest BCUT2D eigenvalue weighted by atomic mass is 9.87. The molecule has 34 heavy (non-hydrogen) atoms. The van der Waals surface area contributed by atoms with Gasteiger partial charge in [0.15, 0.2) is 11.5 Å². The van der Waals surface area contributed by atoms with Crippen LogP contribution >= 0.6 is 0 Å². The minimum atomic E-state index is -0.683. The van der Waals surface area contributed by atoms with Crippen LogP contribution in [-0.4, -0.2) is 53.7 Å². The Balaban J connectivity index is 1.80. The molecule has 2 aromatic carbocycles. The minimum absolute atomic E-state index is 0.0681. The van der Waals surface area contributed by atoms with Gasteiger partial charge in [-0.1, -0.05) is 0 Å². The van der Waals surface area contributed by atoms with E-state index in [9.17, 15) is 14.7 Å². The molecule has 0 saturated carbocycles. The average molecular weight is 467 g/mol. The van der Waals surface area contributed by atoms with Crippen molar-refractivity contribution in [3.8, 4) is 34.6 Å². The number of nitrogens with zero attached hydrogens (tertiary/aromatic N) is 3. The molecule has 0 fully saturated rings. The van der Waals surface area contributed by atoms with Crippen molar-refractivity contribution >= 4 is 0 Å². The van der Waals surface area contributed by atoms with Gasteiger partial charge in [-0.25, -0.2) is 9.36 Å². The number of ether oxygens (including phenoxy) is 4. The van der Waals surface area contributed by atoms with E-state index in [1.807, 2.05) is 18.0 Å². The summed E-state index contributed by atoms with van der Waals surface area (Å²) in [6, 6.07) is 7.79. The lowest BCUT2D eigenvalue weighted by Gasteiger charge is -2.36. The van der Waals surface area contributed by atoms with E-state index in [1.54, 1.807) is 24.3 Å². The maximum atomic E-state index is 13.8. The summed E-state index contributed by atoms with van der Waals surface area (Å²) in [4.78, 5) is 28.9. The number of hydrogen-bond acceptors (Lipinski definition) is 8. The summed E-state index contributed by atoms with van der Waals surface area (Å²) in [5.74, 6) is 1.68. The number of hydrogen-bond donors (Lipinski definition) is 1. The minimum Gasteiger partial charge on any atom is -0.497 e. The zero-order valence-corrected chi connectivity index (χ0v) is 19.3. The summed E-state index contributed by atoms with van der Waals surface area (Å²) in [6.45, 7) is 0.690. The molecule has 0 unspecified atom stereocenters. The second-order valence-corrected chi connectivity index (χ2v) is 8.27. The molecule has 0 saturated heterocycles. The van der Waals surface area contributed by atoms with Gasteiger partial charge >= 0.3 is 5.69 Å². The van der Waals surface area contributed by atoms with E-state index < -0.39 is 23.2 Å². The number of fused-ring (bicyclic) bond motifs is 2. The molecule has 0 spiro atoms. The number of likely N-dealkylation sites (N-methyl/N-ethyl adjacent to an activating group) is 1. The van der Waals surface area contributed by atoms with Crippen molar-refractivity contribution in [2.24, 2.45) is 7.05 Å². The molecule has 178 valence electrons. The van der Waals surface area contributed by atoms with E-state index in [2.05, 4.69) is 0 Å². The summed E-state index contributed by atoms with van der Waals surface area (Å²) in [7, 11) is 6.36. The molecule has 0 radical (unpaired) electrons. The molecular weight excluding hydrogens is 442 g/mol. The Kier molecular flexibility index (Phi) is 5.24. The largest absolute Gasteiger partial charge is 0.497 e. The Morgan fingerprint density at radius 1 is 1.03 bits per heavy atom. The van der Waals surface area contributed by atoms with Crippen molar-refractivity contribution in [1.82, 2.24) is 14.0 Å². The SMILES string of the molecule is COc1ccc(-n2c(=O)c([C@@H]3c4c(cc5c(c4OC)OCO5)CCN3C)c(O)n(C)c2=O)cc1. The van der Waals surface area contributed by atoms with Crippen LogP contribution in [0.15, 0.2) is 39.9 Å². The molecule has 1 atom stereocenters. The predicted molar refractivity (Wildman–Crippen MR) is 123 cm³/mol. The van der Waals surface area contributed by atoms with Gasteiger partial charge in [0.25, 0.3) is 5.56 Å². The van der Waals surface area contributed by atoms with E-state index in [4.69, 9.17) is 18.9 Å². The van der Waals surface area contributed by atoms with Gasteiger partial charge in [-0.2, -0.15) is 0 Å². The second-order valence-electron chi connectivity index (χ2n) is 8.27. The normalized spacial score (nSPS) is 16.9. The van der Waals surface area contributed by atoms with Crippen LogP contribution < -0.4 is 30.2 Å². The first-order chi connectivity index (χ1) is 16.4. The number of aromatic hydroxyl groups is 1. The highest BCUT2D eigenvalue weighted by Crippen LogP contribution is 2.51. The Labute approximate surface area is 195 Å². The smallest absolute Gasteiger partial charge is 0.338 e. The molecule has 10 nitrogen and oxygen atoms in total. The van der Waals surface area contributed by atoms with E-state index in [0.29, 0.717) is 47.2 Å². The fraction of sp³-hybridized carbons (Fsp3) is 0.333. The monoisotopic (exact) mass is 467 g/mol. The van der Waals surface area contributed by atoms with Crippen LogP contribution in [0.4, 0.5) is 0 Å². The third-order valence-corrected chi connectivity index (χ3v) is 6.47. The average Bonchev–Trinajstić information content (AvgIpc) is 3.31. The van der Waals surface area contributed by atoms with Gasteiger partial charge in [-0.3, -0.25) is 14.3 Å². The van der Waals surface area contributed by atoms with Gasteiger partial charge in [-0.15, -0.1) is 0 Å². The van der Waals surface area contributed by atoms with Crippen molar-refractivity contribution in [1.29, 1.82) is 0 Å². The standard InChI is InChI=1S/C24H25N3O7/c1-25-10-9-13-11-16-20(34-12-33-16)21(32-4)17(13)19(25)18-22(28)26(2)24(30)27(23(18)29)14-5-7-15(31-3)8-6-14/h5-8,11,19,28H,9-10,12H2,1-4H3/t19-/m0/s1. The molecule has 1 aromatic heterocycles. The predicted octanol–water partition coefficient (Wildman–Crippen LogP) is 1.56. The van der Waals surface area contributed by atoms with E-state index in [-0.39, 0.29) is 12.4 Å². The Morgan fingerprint density at radius 2 is 1.76 bits per heavy atom. The summed E-state index contributed by atoms with van der Waals surface area (Å²) < 4.78 is 24.2. The molecule has 3 heterocycles. The lowest BCUT2D eigenvalue weighted by Crippen LogP contribution is -2.44. The molecule has 5 rings (SSSR count). The quantitative estimate of drug-likeness (QED) is 0.617. The van der Waals surface area contributed by atoms with Gasteiger partial charge in [0, 0.05) is 19.2 Å². The molecular formula is C24H25N3O7. The maximum Gasteiger partial charge on any atom is 0.338 e. The number of benzene rings is 2. The first-order valence-corrected chi connectivity index (χ1v) is 10.8. The summed E-state index contributed by atoms with van der Waals surface area (Å²) >= 11 is 0. The molecule has 0 bridgehead atoms. The molecule has 10 heteroatoms. The van der Waals surface area contributed by atoms with Crippen LogP contribution in [0.2, 0.25) is 0 Å². The van der Waals surface area contributed by atoms with Crippen molar-refractivity contribution in [3.63, 3.8) is 0 Å². The van der Waals surface area contributed by atoms with Crippen molar-refractivity contribution in [2.75, 3.05) is 34.6 Å². The maximum absolute atomic E-state index is 13.8. The number of aromatic nitrogens is 2. The molecule has 1 N–H and O–H groups in total. The van der Waals surface area contributed by atoms with Crippen LogP contribution in [0.3, 0.4) is 0 Å².